The van der Waals surface area contributed by atoms with Crippen molar-refractivity contribution in [3.8, 4) is 17.0 Å². The maximum atomic E-state index is 5.70. The Hall–Kier alpha value is -1.93. The number of rotatable bonds is 5. The van der Waals surface area contributed by atoms with E-state index in [1.54, 1.807) is 0 Å². The molecule has 3 aromatic rings. The summed E-state index contributed by atoms with van der Waals surface area (Å²) < 4.78 is 6.56. The van der Waals surface area contributed by atoms with Crippen LogP contribution in [0.15, 0.2) is 36.4 Å². The third-order valence-corrected chi connectivity index (χ3v) is 4.18. The monoisotopic (exact) mass is 383 g/mol. The molecule has 0 fully saturated rings. The number of nitrogens with zero attached hydrogens (tertiary/aromatic N) is 3. The van der Waals surface area contributed by atoms with Crippen LogP contribution >= 0.6 is 0 Å². The summed E-state index contributed by atoms with van der Waals surface area (Å²) in [5.74, 6) is 0.877. The first-order valence-electron chi connectivity index (χ1n) is 8.27. The first-order valence-corrected chi connectivity index (χ1v) is 9.48. The molecule has 0 aliphatic heterocycles. The third kappa shape index (κ3) is 3.76. The molecule has 5 heteroatoms. The molecule has 0 radical (unpaired) electrons. The Labute approximate surface area is 151 Å². The number of ether oxygens (including phenoxy) is 1. The van der Waals surface area contributed by atoms with Gasteiger partial charge in [-0.15, -0.1) is 0 Å². The normalized spacial score (nSPS) is 11.2. The molecule has 0 saturated heterocycles. The molecule has 1 atom stereocenters. The van der Waals surface area contributed by atoms with Gasteiger partial charge in [0, 0.05) is 0 Å². The van der Waals surface area contributed by atoms with Gasteiger partial charge >= 0.3 is 137 Å². The Balaban J connectivity index is 2.00. The molecule has 1 unspecified atom stereocenters. The van der Waals surface area contributed by atoms with Crippen molar-refractivity contribution >= 4 is 32.5 Å². The van der Waals surface area contributed by atoms with Crippen LogP contribution in [0.3, 0.4) is 0 Å². The molecule has 2 heterocycles. The number of hydrogen-bond donors (Lipinski definition) is 0. The topological polar surface area (TPSA) is 47.9 Å². The fourth-order valence-electron chi connectivity index (χ4n) is 2.64. The first-order chi connectivity index (χ1) is 11.6. The van der Waals surface area contributed by atoms with Gasteiger partial charge in [-0.05, 0) is 13.8 Å². The fourth-order valence-corrected chi connectivity index (χ4v) is 3.26. The maximum absolute atomic E-state index is 5.70. The zero-order valence-electron chi connectivity index (χ0n) is 14.3. The number of fused-ring (bicyclic) bond motifs is 1. The van der Waals surface area contributed by atoms with E-state index >= 15 is 0 Å². The SMILES string of the molecule is CCCc1nc([AsH2])nc2ccc(-c3ccc(OC(C)C)cc3)nc12. The van der Waals surface area contributed by atoms with Crippen LogP contribution in [0.25, 0.3) is 22.3 Å². The van der Waals surface area contributed by atoms with Crippen LogP contribution in [0, 0.1) is 0 Å². The predicted molar refractivity (Wildman–Crippen MR) is 101 cm³/mol. The molecule has 0 spiro atoms. The molecular formula is C19H22AsN3O. The Morgan fingerprint density at radius 2 is 1.75 bits per heavy atom. The van der Waals surface area contributed by atoms with Crippen molar-refractivity contribution in [1.29, 1.82) is 0 Å². The fraction of sp³-hybridized carbons (Fsp3) is 0.316. The molecule has 2 aromatic heterocycles. The van der Waals surface area contributed by atoms with Crippen LogP contribution in [0.2, 0.25) is 0 Å². The van der Waals surface area contributed by atoms with Crippen LogP contribution < -0.4 is 9.35 Å². The van der Waals surface area contributed by atoms with E-state index in [-0.39, 0.29) is 6.10 Å². The Morgan fingerprint density at radius 3 is 2.42 bits per heavy atom. The van der Waals surface area contributed by atoms with E-state index in [0.29, 0.717) is 0 Å². The summed E-state index contributed by atoms with van der Waals surface area (Å²) in [5, 5.41) is 0. The number of hydrogen-bond acceptors (Lipinski definition) is 4. The van der Waals surface area contributed by atoms with E-state index in [0.717, 1.165) is 51.2 Å². The van der Waals surface area contributed by atoms with E-state index < -0.39 is 0 Å². The quantitative estimate of drug-likeness (QED) is 0.636. The van der Waals surface area contributed by atoms with Crippen molar-refractivity contribution < 1.29 is 4.74 Å². The van der Waals surface area contributed by atoms with Crippen molar-refractivity contribution in [3.05, 3.63) is 42.1 Å². The number of aryl methyl sites for hydroxylation is 1. The van der Waals surface area contributed by atoms with Crippen LogP contribution in [0.5, 0.6) is 5.75 Å². The summed E-state index contributed by atoms with van der Waals surface area (Å²) in [6.45, 7) is 6.21. The Kier molecular flexibility index (Phi) is 5.15. The standard InChI is InChI=1S/C19H22AsN3O/c1-4-5-16-18-17(23-19(20)22-16)11-10-15(21-18)13-6-8-14(9-7-13)24-12(2)3/h6-12H,4-5,20H2,1-3H3. The van der Waals surface area contributed by atoms with E-state index in [9.17, 15) is 0 Å². The van der Waals surface area contributed by atoms with Gasteiger partial charge in [0.2, 0.25) is 0 Å². The van der Waals surface area contributed by atoms with E-state index in [4.69, 9.17) is 9.72 Å². The van der Waals surface area contributed by atoms with Gasteiger partial charge in [0.1, 0.15) is 0 Å². The average Bonchev–Trinajstić information content (AvgIpc) is 2.55. The average molecular weight is 383 g/mol. The van der Waals surface area contributed by atoms with Crippen LogP contribution in [-0.2, 0) is 6.42 Å². The summed E-state index contributed by atoms with van der Waals surface area (Å²) in [5.41, 5.74) is 4.90. The van der Waals surface area contributed by atoms with Gasteiger partial charge in [-0.25, -0.2) is 0 Å². The number of aromatic nitrogens is 3. The van der Waals surface area contributed by atoms with Gasteiger partial charge in [0.05, 0.1) is 0 Å². The summed E-state index contributed by atoms with van der Waals surface area (Å²) in [6.07, 6.45) is 2.15. The minimum absolute atomic E-state index is 0.174. The van der Waals surface area contributed by atoms with Crippen molar-refractivity contribution in [3.63, 3.8) is 0 Å². The summed E-state index contributed by atoms with van der Waals surface area (Å²) >= 11 is 1.45. The van der Waals surface area contributed by atoms with Gasteiger partial charge in [-0.1, -0.05) is 0 Å². The predicted octanol–water partition coefficient (Wildman–Crippen LogP) is 2.69. The molecule has 24 heavy (non-hydrogen) atoms. The Morgan fingerprint density at radius 1 is 1.00 bits per heavy atom. The molecule has 0 N–H and O–H groups in total. The number of pyridine rings is 1. The van der Waals surface area contributed by atoms with E-state index in [2.05, 4.69) is 16.9 Å². The van der Waals surface area contributed by atoms with Crippen molar-refractivity contribution in [1.82, 2.24) is 15.0 Å². The molecule has 4 nitrogen and oxygen atoms in total. The van der Waals surface area contributed by atoms with Gasteiger partial charge in [0.15, 0.2) is 0 Å². The van der Waals surface area contributed by atoms with Gasteiger partial charge in [-0.2, -0.15) is 0 Å². The van der Waals surface area contributed by atoms with Crippen molar-refractivity contribution in [2.75, 3.05) is 0 Å². The summed E-state index contributed by atoms with van der Waals surface area (Å²) in [7, 11) is 0. The molecule has 0 aliphatic rings. The summed E-state index contributed by atoms with van der Waals surface area (Å²) in [4.78, 5) is 14.0. The molecule has 0 saturated carbocycles. The zero-order valence-corrected chi connectivity index (χ0v) is 16.7. The molecular weight excluding hydrogens is 361 g/mol. The first kappa shape index (κ1) is 16.9. The molecule has 3 rings (SSSR count). The van der Waals surface area contributed by atoms with Crippen LogP contribution in [0.4, 0.5) is 0 Å². The minimum atomic E-state index is 0.174. The van der Waals surface area contributed by atoms with E-state index in [1.807, 2.05) is 50.2 Å². The second kappa shape index (κ2) is 7.31. The number of benzene rings is 1. The second-order valence-electron chi connectivity index (χ2n) is 6.03. The van der Waals surface area contributed by atoms with Crippen LogP contribution in [0.1, 0.15) is 32.9 Å². The van der Waals surface area contributed by atoms with Crippen molar-refractivity contribution in [2.45, 2.75) is 39.7 Å². The van der Waals surface area contributed by atoms with Crippen LogP contribution in [-0.4, -0.2) is 37.9 Å². The molecule has 0 bridgehead atoms. The molecule has 124 valence electrons. The molecule has 1 aromatic carbocycles. The van der Waals surface area contributed by atoms with Crippen molar-refractivity contribution in [2.24, 2.45) is 0 Å². The summed E-state index contributed by atoms with van der Waals surface area (Å²) in [6, 6.07) is 12.1. The zero-order chi connectivity index (χ0) is 17.1. The Bertz CT molecular complexity index is 847. The van der Waals surface area contributed by atoms with E-state index in [1.165, 1.54) is 16.9 Å². The van der Waals surface area contributed by atoms with Gasteiger partial charge in [-0.3, -0.25) is 0 Å². The van der Waals surface area contributed by atoms with Gasteiger partial charge in [0.25, 0.3) is 0 Å². The molecule has 0 aliphatic carbocycles. The second-order valence-corrected chi connectivity index (χ2v) is 7.12. The molecule has 0 amide bonds. The van der Waals surface area contributed by atoms with Gasteiger partial charge < -0.3 is 0 Å². The third-order valence-electron chi connectivity index (χ3n) is 3.64.